The van der Waals surface area contributed by atoms with Crippen molar-refractivity contribution in [2.75, 3.05) is 11.4 Å². The van der Waals surface area contributed by atoms with Crippen LogP contribution in [0.2, 0.25) is 0 Å². The number of fused-ring (bicyclic) bond motifs is 1. The average molecular weight is 289 g/mol. The molecule has 1 N–H and O–H groups in total. The third-order valence-electron chi connectivity index (χ3n) is 3.21. The molecule has 114 valence electrons. The van der Waals surface area contributed by atoms with Crippen LogP contribution in [0.15, 0.2) is 36.4 Å². The Labute approximate surface area is 126 Å². The van der Waals surface area contributed by atoms with Crippen molar-refractivity contribution in [2.45, 2.75) is 45.3 Å². The maximum absolute atomic E-state index is 12.4. The normalized spacial score (nSPS) is 23.8. The van der Waals surface area contributed by atoms with E-state index >= 15 is 0 Å². The number of carbonyl (C=O) groups is 1. The largest absolute Gasteiger partial charge is 0.443 e. The smallest absolute Gasteiger partial charge is 0.415 e. The summed E-state index contributed by atoms with van der Waals surface area (Å²) in [5.41, 5.74) is 0.272. The van der Waals surface area contributed by atoms with E-state index in [1.165, 1.54) is 0 Å². The van der Waals surface area contributed by atoms with Crippen LogP contribution >= 0.6 is 0 Å². The highest BCUT2D eigenvalue weighted by atomic mass is 16.6. The summed E-state index contributed by atoms with van der Waals surface area (Å²) >= 11 is 0. The minimum Gasteiger partial charge on any atom is -0.443 e. The van der Waals surface area contributed by atoms with Gasteiger partial charge < -0.3 is 9.84 Å². The SMILES string of the molecule is CC1(O)/C=C\CN(C(=O)OC(C)(C)C)c2ccccc2C1. The van der Waals surface area contributed by atoms with Crippen LogP contribution in [0.4, 0.5) is 10.5 Å². The zero-order chi connectivity index (χ0) is 15.7. The topological polar surface area (TPSA) is 49.8 Å². The number of amides is 1. The van der Waals surface area contributed by atoms with Gasteiger partial charge in [0.05, 0.1) is 11.3 Å². The second-order valence-corrected chi connectivity index (χ2v) is 6.66. The zero-order valence-corrected chi connectivity index (χ0v) is 13.1. The number of carbonyl (C=O) groups excluding carboxylic acids is 1. The van der Waals surface area contributed by atoms with Crippen LogP contribution in [0.5, 0.6) is 0 Å². The molecule has 0 saturated heterocycles. The molecule has 1 unspecified atom stereocenters. The molecule has 1 aromatic carbocycles. The number of nitrogens with zero attached hydrogens (tertiary/aromatic N) is 1. The van der Waals surface area contributed by atoms with Gasteiger partial charge in [-0.15, -0.1) is 0 Å². The van der Waals surface area contributed by atoms with Gasteiger partial charge in [-0.2, -0.15) is 0 Å². The zero-order valence-electron chi connectivity index (χ0n) is 13.1. The summed E-state index contributed by atoms with van der Waals surface area (Å²) in [6, 6.07) is 7.61. The fourth-order valence-electron chi connectivity index (χ4n) is 2.37. The summed E-state index contributed by atoms with van der Waals surface area (Å²) < 4.78 is 5.47. The lowest BCUT2D eigenvalue weighted by Gasteiger charge is -2.31. The molecule has 1 atom stereocenters. The predicted molar refractivity (Wildman–Crippen MR) is 83.5 cm³/mol. The van der Waals surface area contributed by atoms with Gasteiger partial charge in [-0.05, 0) is 39.3 Å². The molecular weight excluding hydrogens is 266 g/mol. The summed E-state index contributed by atoms with van der Waals surface area (Å²) in [4.78, 5) is 14.0. The van der Waals surface area contributed by atoms with Crippen LogP contribution in [0.1, 0.15) is 33.3 Å². The van der Waals surface area contributed by atoms with E-state index in [0.29, 0.717) is 13.0 Å². The lowest BCUT2D eigenvalue weighted by molar-refractivity contribution is 0.0581. The molecule has 4 heteroatoms. The van der Waals surface area contributed by atoms with Gasteiger partial charge in [0.1, 0.15) is 5.60 Å². The van der Waals surface area contributed by atoms with Gasteiger partial charge in [0.25, 0.3) is 0 Å². The van der Waals surface area contributed by atoms with E-state index in [0.717, 1.165) is 11.3 Å². The molecular formula is C17H23NO3. The molecule has 0 fully saturated rings. The number of anilines is 1. The van der Waals surface area contributed by atoms with Gasteiger partial charge in [0.15, 0.2) is 0 Å². The first-order valence-corrected chi connectivity index (χ1v) is 7.16. The molecule has 0 aliphatic carbocycles. The molecule has 0 spiro atoms. The van der Waals surface area contributed by atoms with Crippen LogP contribution in [-0.4, -0.2) is 28.9 Å². The van der Waals surface area contributed by atoms with Crippen molar-refractivity contribution in [2.24, 2.45) is 0 Å². The van der Waals surface area contributed by atoms with Gasteiger partial charge in [0.2, 0.25) is 0 Å². The van der Waals surface area contributed by atoms with E-state index in [2.05, 4.69) is 0 Å². The molecule has 21 heavy (non-hydrogen) atoms. The molecule has 1 heterocycles. The maximum atomic E-state index is 12.4. The van der Waals surface area contributed by atoms with Crippen LogP contribution < -0.4 is 4.90 Å². The molecule has 0 saturated carbocycles. The van der Waals surface area contributed by atoms with E-state index in [9.17, 15) is 9.90 Å². The first kappa shape index (κ1) is 15.6. The van der Waals surface area contributed by atoms with Gasteiger partial charge in [-0.3, -0.25) is 4.90 Å². The Morgan fingerprint density at radius 2 is 2.00 bits per heavy atom. The van der Waals surface area contributed by atoms with Gasteiger partial charge in [-0.1, -0.05) is 30.4 Å². The molecule has 4 nitrogen and oxygen atoms in total. The highest BCUT2D eigenvalue weighted by molar-refractivity contribution is 5.89. The van der Waals surface area contributed by atoms with Crippen molar-refractivity contribution in [3.05, 3.63) is 42.0 Å². The van der Waals surface area contributed by atoms with E-state index in [4.69, 9.17) is 4.74 Å². The predicted octanol–water partition coefficient (Wildman–Crippen LogP) is 3.29. The minimum absolute atomic E-state index is 0.374. The van der Waals surface area contributed by atoms with Crippen molar-refractivity contribution >= 4 is 11.8 Å². The second-order valence-electron chi connectivity index (χ2n) is 6.66. The maximum Gasteiger partial charge on any atom is 0.415 e. The molecule has 1 amide bonds. The van der Waals surface area contributed by atoms with Crippen molar-refractivity contribution < 1.29 is 14.6 Å². The summed E-state index contributed by atoms with van der Waals surface area (Å²) in [6.07, 6.45) is 3.63. The van der Waals surface area contributed by atoms with Crippen LogP contribution in [-0.2, 0) is 11.2 Å². The molecule has 2 rings (SSSR count). The third kappa shape index (κ3) is 4.08. The quantitative estimate of drug-likeness (QED) is 0.746. The first-order valence-electron chi connectivity index (χ1n) is 7.16. The molecule has 1 aliphatic heterocycles. The number of hydrogen-bond acceptors (Lipinski definition) is 3. The van der Waals surface area contributed by atoms with Gasteiger partial charge in [-0.25, -0.2) is 4.79 Å². The highest BCUT2D eigenvalue weighted by Gasteiger charge is 2.28. The standard InChI is InChI=1S/C17H23NO3/c1-16(2,3)21-15(19)18-11-7-10-17(4,20)12-13-8-5-6-9-14(13)18/h5-10,20H,11-12H2,1-4H3/b10-7-. The number of aliphatic hydroxyl groups is 1. The first-order chi connectivity index (χ1) is 9.68. The number of benzene rings is 1. The summed E-state index contributed by atoms with van der Waals surface area (Å²) in [5.74, 6) is 0. The Morgan fingerprint density at radius 1 is 1.33 bits per heavy atom. The number of para-hydroxylation sites is 1. The van der Waals surface area contributed by atoms with Crippen molar-refractivity contribution in [3.8, 4) is 0 Å². The van der Waals surface area contributed by atoms with Crippen LogP contribution in [0.3, 0.4) is 0 Å². The number of rotatable bonds is 0. The number of hydrogen-bond donors (Lipinski definition) is 1. The molecule has 1 aromatic rings. The van der Waals surface area contributed by atoms with E-state index in [-0.39, 0.29) is 6.09 Å². The Morgan fingerprint density at radius 3 is 2.67 bits per heavy atom. The van der Waals surface area contributed by atoms with E-state index < -0.39 is 11.2 Å². The van der Waals surface area contributed by atoms with Gasteiger partial charge in [0, 0.05) is 13.0 Å². The van der Waals surface area contributed by atoms with Crippen molar-refractivity contribution in [1.82, 2.24) is 0 Å². The fraction of sp³-hybridized carbons (Fsp3) is 0.471. The Hall–Kier alpha value is -1.81. The minimum atomic E-state index is -0.907. The van der Waals surface area contributed by atoms with Gasteiger partial charge >= 0.3 is 6.09 Å². The average Bonchev–Trinajstić information content (AvgIpc) is 2.31. The van der Waals surface area contributed by atoms with Crippen LogP contribution in [0, 0.1) is 0 Å². The summed E-state index contributed by atoms with van der Waals surface area (Å²) in [5, 5.41) is 10.3. The Bertz CT molecular complexity index is 555. The molecule has 0 bridgehead atoms. The molecule has 0 radical (unpaired) electrons. The highest BCUT2D eigenvalue weighted by Crippen LogP contribution is 2.28. The number of ether oxygens (including phenoxy) is 1. The summed E-state index contributed by atoms with van der Waals surface area (Å²) in [6.45, 7) is 7.69. The Balaban J connectivity index is 2.37. The van der Waals surface area contributed by atoms with E-state index in [1.807, 2.05) is 45.0 Å². The lowest BCUT2D eigenvalue weighted by atomic mass is 9.93. The third-order valence-corrected chi connectivity index (χ3v) is 3.21. The monoisotopic (exact) mass is 289 g/mol. The second kappa shape index (κ2) is 5.53. The van der Waals surface area contributed by atoms with Crippen molar-refractivity contribution in [3.63, 3.8) is 0 Å². The Kier molecular flexibility index (Phi) is 4.10. The van der Waals surface area contributed by atoms with E-state index in [1.54, 1.807) is 24.0 Å². The van der Waals surface area contributed by atoms with Crippen molar-refractivity contribution in [1.29, 1.82) is 0 Å². The molecule has 1 aliphatic rings. The summed E-state index contributed by atoms with van der Waals surface area (Å²) in [7, 11) is 0. The van der Waals surface area contributed by atoms with Crippen LogP contribution in [0.25, 0.3) is 0 Å². The molecule has 0 aromatic heterocycles. The lowest BCUT2D eigenvalue weighted by Crippen LogP contribution is -2.39. The fourth-order valence-corrected chi connectivity index (χ4v) is 2.37.